The minimum absolute atomic E-state index is 0.148. The standard InChI is InChI=1S/C24H28N4O6/c1-4-34-17-9-7-16(8-10-17)27-23(30)14-25-22(29)6-5-11-28-15-26-19-13-21(33-3)20(32-2)12-18(19)24(28)31/h7-10,12-13,15H,4-6,11,14H2,1-3H3,(H,25,29)(H,27,30). The molecule has 0 bridgehead atoms. The van der Waals surface area contributed by atoms with E-state index < -0.39 is 0 Å². The molecule has 3 rings (SSSR count). The predicted octanol–water partition coefficient (Wildman–Crippen LogP) is 2.35. The maximum absolute atomic E-state index is 12.8. The van der Waals surface area contributed by atoms with Gasteiger partial charge in [-0.15, -0.1) is 0 Å². The average Bonchev–Trinajstić information content (AvgIpc) is 2.85. The van der Waals surface area contributed by atoms with Gasteiger partial charge in [-0.05, 0) is 43.7 Å². The maximum Gasteiger partial charge on any atom is 0.261 e. The van der Waals surface area contributed by atoms with E-state index in [-0.39, 0.29) is 30.3 Å². The third-order valence-corrected chi connectivity index (χ3v) is 5.03. The Balaban J connectivity index is 1.48. The molecule has 0 saturated heterocycles. The molecule has 0 fully saturated rings. The first-order chi connectivity index (χ1) is 16.4. The summed E-state index contributed by atoms with van der Waals surface area (Å²) in [7, 11) is 3.01. The molecule has 34 heavy (non-hydrogen) atoms. The molecular formula is C24H28N4O6. The van der Waals surface area contributed by atoms with E-state index in [1.165, 1.54) is 25.1 Å². The number of carbonyl (C=O) groups excluding carboxylic acids is 2. The summed E-state index contributed by atoms with van der Waals surface area (Å²) in [6, 6.07) is 10.2. The zero-order valence-corrected chi connectivity index (χ0v) is 19.4. The van der Waals surface area contributed by atoms with Crippen molar-refractivity contribution in [3.05, 3.63) is 53.1 Å². The van der Waals surface area contributed by atoms with E-state index in [1.54, 1.807) is 36.4 Å². The van der Waals surface area contributed by atoms with Gasteiger partial charge in [0.1, 0.15) is 5.75 Å². The van der Waals surface area contributed by atoms with E-state index in [2.05, 4.69) is 15.6 Å². The monoisotopic (exact) mass is 468 g/mol. The first-order valence-electron chi connectivity index (χ1n) is 10.9. The summed E-state index contributed by atoms with van der Waals surface area (Å²) in [6.45, 7) is 2.62. The van der Waals surface area contributed by atoms with Crippen molar-refractivity contribution >= 4 is 28.4 Å². The van der Waals surface area contributed by atoms with Crippen LogP contribution in [-0.2, 0) is 16.1 Å². The molecule has 0 radical (unpaired) electrons. The molecule has 3 aromatic rings. The van der Waals surface area contributed by atoms with Crippen LogP contribution < -0.4 is 30.4 Å². The van der Waals surface area contributed by atoms with Crippen LogP contribution in [0.25, 0.3) is 10.9 Å². The second-order valence-corrected chi connectivity index (χ2v) is 7.35. The van der Waals surface area contributed by atoms with Gasteiger partial charge in [-0.2, -0.15) is 0 Å². The minimum Gasteiger partial charge on any atom is -0.494 e. The zero-order chi connectivity index (χ0) is 24.5. The SMILES string of the molecule is CCOc1ccc(NC(=O)CNC(=O)CCCn2cnc3cc(OC)c(OC)cc3c2=O)cc1. The lowest BCUT2D eigenvalue weighted by Gasteiger charge is -2.11. The molecule has 10 nitrogen and oxygen atoms in total. The number of rotatable bonds is 11. The number of hydrogen-bond acceptors (Lipinski definition) is 7. The Labute approximate surface area is 196 Å². The van der Waals surface area contributed by atoms with Crippen molar-refractivity contribution in [1.82, 2.24) is 14.9 Å². The van der Waals surface area contributed by atoms with Gasteiger partial charge < -0.3 is 24.8 Å². The summed E-state index contributed by atoms with van der Waals surface area (Å²) in [5.41, 5.74) is 0.872. The molecule has 0 unspecified atom stereocenters. The fourth-order valence-electron chi connectivity index (χ4n) is 3.33. The molecule has 180 valence electrons. The summed E-state index contributed by atoms with van der Waals surface area (Å²) >= 11 is 0. The Hall–Kier alpha value is -4.08. The van der Waals surface area contributed by atoms with Crippen molar-refractivity contribution in [3.63, 3.8) is 0 Å². The quantitative estimate of drug-likeness (QED) is 0.443. The molecule has 10 heteroatoms. The van der Waals surface area contributed by atoms with E-state index in [1.807, 2.05) is 6.92 Å². The molecule has 2 N–H and O–H groups in total. The Morgan fingerprint density at radius 3 is 2.41 bits per heavy atom. The molecule has 0 aliphatic carbocycles. The summed E-state index contributed by atoms with van der Waals surface area (Å²) in [5.74, 6) is 1.03. The highest BCUT2D eigenvalue weighted by molar-refractivity contribution is 5.94. The van der Waals surface area contributed by atoms with Gasteiger partial charge in [-0.3, -0.25) is 19.0 Å². The second-order valence-electron chi connectivity index (χ2n) is 7.35. The maximum atomic E-state index is 12.8. The number of carbonyl (C=O) groups is 2. The topological polar surface area (TPSA) is 121 Å². The minimum atomic E-state index is -0.336. The molecule has 2 aromatic carbocycles. The van der Waals surface area contributed by atoms with Crippen molar-refractivity contribution in [2.24, 2.45) is 0 Å². The van der Waals surface area contributed by atoms with Crippen LogP contribution in [0.2, 0.25) is 0 Å². The lowest BCUT2D eigenvalue weighted by molar-refractivity contribution is -0.124. The van der Waals surface area contributed by atoms with Gasteiger partial charge in [-0.25, -0.2) is 4.98 Å². The molecule has 0 saturated carbocycles. The molecular weight excluding hydrogens is 440 g/mol. The van der Waals surface area contributed by atoms with Gasteiger partial charge in [0.05, 0.1) is 44.6 Å². The number of amides is 2. The van der Waals surface area contributed by atoms with Crippen LogP contribution in [0, 0.1) is 0 Å². The average molecular weight is 469 g/mol. The van der Waals surface area contributed by atoms with Crippen molar-refractivity contribution in [2.45, 2.75) is 26.3 Å². The predicted molar refractivity (Wildman–Crippen MR) is 128 cm³/mol. The third-order valence-electron chi connectivity index (χ3n) is 5.03. The van der Waals surface area contributed by atoms with Gasteiger partial charge in [0.15, 0.2) is 11.5 Å². The summed E-state index contributed by atoms with van der Waals surface area (Å²) in [4.78, 5) is 41.3. The highest BCUT2D eigenvalue weighted by Gasteiger charge is 2.12. The van der Waals surface area contributed by atoms with Gasteiger partial charge in [0.2, 0.25) is 11.8 Å². The second kappa shape index (κ2) is 11.7. The number of ether oxygens (including phenoxy) is 3. The normalized spacial score (nSPS) is 10.6. The number of aromatic nitrogens is 2. The van der Waals surface area contributed by atoms with Crippen molar-refractivity contribution in [3.8, 4) is 17.2 Å². The number of anilines is 1. The Morgan fingerprint density at radius 1 is 1.03 bits per heavy atom. The lowest BCUT2D eigenvalue weighted by atomic mass is 10.2. The van der Waals surface area contributed by atoms with Crippen LogP contribution in [0.15, 0.2) is 47.5 Å². The van der Waals surface area contributed by atoms with E-state index >= 15 is 0 Å². The first kappa shape index (κ1) is 24.6. The molecule has 0 aliphatic rings. The number of aryl methyl sites for hydroxylation is 1. The fraction of sp³-hybridized carbons (Fsp3) is 0.333. The van der Waals surface area contributed by atoms with E-state index in [4.69, 9.17) is 14.2 Å². The van der Waals surface area contributed by atoms with Crippen LogP contribution >= 0.6 is 0 Å². The number of benzene rings is 2. The van der Waals surface area contributed by atoms with E-state index in [0.717, 1.165) is 0 Å². The van der Waals surface area contributed by atoms with Crippen LogP contribution in [-0.4, -0.2) is 48.7 Å². The molecule has 2 amide bonds. The molecule has 0 aliphatic heterocycles. The molecule has 1 heterocycles. The van der Waals surface area contributed by atoms with Gasteiger partial charge >= 0.3 is 0 Å². The van der Waals surface area contributed by atoms with Crippen LogP contribution in [0.4, 0.5) is 5.69 Å². The zero-order valence-electron chi connectivity index (χ0n) is 19.4. The van der Waals surface area contributed by atoms with Gasteiger partial charge in [-0.1, -0.05) is 0 Å². The molecule has 0 atom stereocenters. The Morgan fingerprint density at radius 2 is 1.74 bits per heavy atom. The number of fused-ring (bicyclic) bond motifs is 1. The van der Waals surface area contributed by atoms with Gasteiger partial charge in [0.25, 0.3) is 5.56 Å². The van der Waals surface area contributed by atoms with Crippen LogP contribution in [0.1, 0.15) is 19.8 Å². The fourth-order valence-corrected chi connectivity index (χ4v) is 3.33. The van der Waals surface area contributed by atoms with Gasteiger partial charge in [0, 0.05) is 24.7 Å². The van der Waals surface area contributed by atoms with Crippen molar-refractivity contribution in [1.29, 1.82) is 0 Å². The summed E-state index contributed by atoms with van der Waals surface area (Å²) < 4.78 is 17.3. The highest BCUT2D eigenvalue weighted by Crippen LogP contribution is 2.29. The number of nitrogens with zero attached hydrogens (tertiary/aromatic N) is 2. The highest BCUT2D eigenvalue weighted by atomic mass is 16.5. The molecule has 0 spiro atoms. The van der Waals surface area contributed by atoms with Crippen LogP contribution in [0.5, 0.6) is 17.2 Å². The van der Waals surface area contributed by atoms with Crippen molar-refractivity contribution < 1.29 is 23.8 Å². The third kappa shape index (κ3) is 6.25. The smallest absolute Gasteiger partial charge is 0.261 e. The lowest BCUT2D eigenvalue weighted by Crippen LogP contribution is -2.33. The number of hydrogen-bond donors (Lipinski definition) is 2. The molecule has 1 aromatic heterocycles. The first-order valence-corrected chi connectivity index (χ1v) is 10.9. The Kier molecular flexibility index (Phi) is 8.44. The van der Waals surface area contributed by atoms with Crippen LogP contribution in [0.3, 0.4) is 0 Å². The number of methoxy groups -OCH3 is 2. The Bertz CT molecular complexity index is 1210. The largest absolute Gasteiger partial charge is 0.494 e. The van der Waals surface area contributed by atoms with E-state index in [0.29, 0.717) is 53.4 Å². The summed E-state index contributed by atoms with van der Waals surface area (Å²) in [6.07, 6.45) is 2.01. The number of nitrogens with one attached hydrogen (secondary N) is 2. The van der Waals surface area contributed by atoms with Crippen molar-refractivity contribution in [2.75, 3.05) is 32.7 Å². The van der Waals surface area contributed by atoms with E-state index in [9.17, 15) is 14.4 Å². The summed E-state index contributed by atoms with van der Waals surface area (Å²) in [5, 5.41) is 5.69.